The maximum absolute atomic E-state index is 12.9. The molecule has 0 bridgehead atoms. The summed E-state index contributed by atoms with van der Waals surface area (Å²) in [6, 6.07) is 7.75. The van der Waals surface area contributed by atoms with Crippen LogP contribution in [-0.4, -0.2) is 54.5 Å². The largest absolute Gasteiger partial charge is 0.490 e. The van der Waals surface area contributed by atoms with E-state index in [0.29, 0.717) is 43.2 Å². The van der Waals surface area contributed by atoms with Crippen LogP contribution in [0.25, 0.3) is 23.3 Å². The molecule has 0 unspecified atom stereocenters. The van der Waals surface area contributed by atoms with Gasteiger partial charge in [0, 0.05) is 46.1 Å². The zero-order valence-corrected chi connectivity index (χ0v) is 23.1. The molecule has 4 rings (SSSR count). The van der Waals surface area contributed by atoms with Crippen LogP contribution in [0.15, 0.2) is 33.9 Å². The van der Waals surface area contributed by atoms with E-state index in [1.807, 2.05) is 64.1 Å². The van der Waals surface area contributed by atoms with Crippen molar-refractivity contribution in [1.29, 1.82) is 0 Å². The van der Waals surface area contributed by atoms with Crippen LogP contribution < -0.4 is 16.0 Å². The van der Waals surface area contributed by atoms with Gasteiger partial charge in [0.15, 0.2) is 11.2 Å². The summed E-state index contributed by atoms with van der Waals surface area (Å²) in [7, 11) is 1.78. The van der Waals surface area contributed by atoms with E-state index in [0.717, 1.165) is 24.2 Å². The van der Waals surface area contributed by atoms with Crippen LogP contribution in [0.4, 0.5) is 4.79 Å². The summed E-state index contributed by atoms with van der Waals surface area (Å²) in [4.78, 5) is 44.1. The van der Waals surface area contributed by atoms with Crippen molar-refractivity contribution in [2.24, 2.45) is 7.05 Å². The van der Waals surface area contributed by atoms with Crippen molar-refractivity contribution in [3.63, 3.8) is 0 Å². The van der Waals surface area contributed by atoms with E-state index in [2.05, 4.69) is 4.98 Å². The van der Waals surface area contributed by atoms with Crippen LogP contribution in [0.1, 0.15) is 58.8 Å². The first-order valence-corrected chi connectivity index (χ1v) is 13.1. The fourth-order valence-corrected chi connectivity index (χ4v) is 4.60. The first kappa shape index (κ1) is 27.2. The maximum atomic E-state index is 12.9. The van der Waals surface area contributed by atoms with E-state index in [-0.39, 0.29) is 23.4 Å². The number of carbonyl (C=O) groups excluding carboxylic acids is 1. The van der Waals surface area contributed by atoms with Crippen LogP contribution in [0, 0.1) is 0 Å². The lowest BCUT2D eigenvalue weighted by atomic mass is 10.1. The molecule has 1 amide bonds. The number of nitrogens with zero attached hydrogens (tertiary/aromatic N) is 5. The van der Waals surface area contributed by atoms with E-state index >= 15 is 0 Å². The second-order valence-corrected chi connectivity index (χ2v) is 10.5. The Kier molecular flexibility index (Phi) is 7.80. The van der Waals surface area contributed by atoms with Crippen LogP contribution in [0.2, 0.25) is 0 Å². The molecule has 0 radical (unpaired) electrons. The quantitative estimate of drug-likeness (QED) is 0.486. The van der Waals surface area contributed by atoms with Crippen molar-refractivity contribution < 1.29 is 14.3 Å². The molecule has 1 fully saturated rings. The van der Waals surface area contributed by atoms with Crippen LogP contribution in [-0.2, 0) is 24.9 Å². The fraction of sp³-hybridized carbons (Fsp3) is 0.500. The molecule has 3 heterocycles. The van der Waals surface area contributed by atoms with Gasteiger partial charge in [-0.05, 0) is 58.4 Å². The minimum atomic E-state index is -0.501. The van der Waals surface area contributed by atoms with E-state index in [4.69, 9.17) is 9.47 Å². The molecule has 0 spiro atoms. The van der Waals surface area contributed by atoms with E-state index in [1.165, 1.54) is 9.13 Å². The normalized spacial score (nSPS) is 14.9. The number of fused-ring (bicyclic) bond motifs is 1. The number of amides is 1. The molecule has 1 aromatic carbocycles. The van der Waals surface area contributed by atoms with Crippen LogP contribution in [0.5, 0.6) is 5.75 Å². The summed E-state index contributed by atoms with van der Waals surface area (Å²) < 4.78 is 16.1. The van der Waals surface area contributed by atoms with Crippen molar-refractivity contribution in [3.05, 3.63) is 56.5 Å². The second kappa shape index (κ2) is 10.9. The predicted molar refractivity (Wildman–Crippen MR) is 147 cm³/mol. The average Bonchev–Trinajstić information content (AvgIpc) is 3.19. The summed E-state index contributed by atoms with van der Waals surface area (Å²) in [5, 5.41) is 0. The van der Waals surface area contributed by atoms with Gasteiger partial charge in [0.25, 0.3) is 5.56 Å². The van der Waals surface area contributed by atoms with Gasteiger partial charge in [0.05, 0.1) is 0 Å². The Morgan fingerprint density at radius 2 is 1.66 bits per heavy atom. The topological polar surface area (TPSA) is 101 Å². The van der Waals surface area contributed by atoms with Gasteiger partial charge in [-0.25, -0.2) is 14.6 Å². The number of ether oxygens (including phenoxy) is 2. The standard InChI is InChI=1S/C28H37N5O5/c1-7-32-24-23(25(34)33(8-2)26(32)35)30(6)22(29-24)14-11-19-9-12-20(13-10-19)37-21-15-17-31(18-16-21)27(36)38-28(3,4)5/h9-14,21H,7-8,15-18H2,1-6H3. The number of piperidine rings is 1. The number of likely N-dealkylation sites (tertiary alicyclic amines) is 1. The summed E-state index contributed by atoms with van der Waals surface area (Å²) in [5.74, 6) is 1.36. The third-order valence-electron chi connectivity index (χ3n) is 6.61. The molecule has 0 saturated carbocycles. The molecule has 2 aromatic heterocycles. The maximum Gasteiger partial charge on any atom is 0.410 e. The zero-order chi connectivity index (χ0) is 27.6. The third-order valence-corrected chi connectivity index (χ3v) is 6.61. The molecule has 38 heavy (non-hydrogen) atoms. The average molecular weight is 524 g/mol. The second-order valence-electron chi connectivity index (χ2n) is 10.5. The Balaban J connectivity index is 1.42. The van der Waals surface area contributed by atoms with Crippen molar-refractivity contribution in [2.75, 3.05) is 13.1 Å². The van der Waals surface area contributed by atoms with Gasteiger partial charge in [0.2, 0.25) is 0 Å². The molecule has 3 aromatic rings. The predicted octanol–water partition coefficient (Wildman–Crippen LogP) is 3.89. The van der Waals surface area contributed by atoms with Gasteiger partial charge < -0.3 is 18.9 Å². The highest BCUT2D eigenvalue weighted by atomic mass is 16.6. The van der Waals surface area contributed by atoms with E-state index in [1.54, 1.807) is 23.4 Å². The lowest BCUT2D eigenvalue weighted by Gasteiger charge is -2.33. The van der Waals surface area contributed by atoms with Gasteiger partial charge in [0.1, 0.15) is 23.3 Å². The molecular formula is C28H37N5O5. The summed E-state index contributed by atoms with van der Waals surface area (Å²) in [5.41, 5.74) is 0.588. The highest BCUT2D eigenvalue weighted by Gasteiger charge is 2.27. The number of aromatic nitrogens is 4. The Labute approximate surface area is 222 Å². The van der Waals surface area contributed by atoms with Gasteiger partial charge in [-0.2, -0.15) is 0 Å². The number of aryl methyl sites for hydroxylation is 2. The molecule has 0 aliphatic carbocycles. The lowest BCUT2D eigenvalue weighted by molar-refractivity contribution is 0.0126. The third kappa shape index (κ3) is 5.69. The highest BCUT2D eigenvalue weighted by Crippen LogP contribution is 2.22. The number of benzene rings is 1. The monoisotopic (exact) mass is 523 g/mol. The molecule has 10 nitrogen and oxygen atoms in total. The number of rotatable bonds is 6. The summed E-state index contributed by atoms with van der Waals surface area (Å²) >= 11 is 0. The number of carbonyl (C=O) groups is 1. The molecule has 1 aliphatic heterocycles. The Morgan fingerprint density at radius 1 is 1.03 bits per heavy atom. The smallest absolute Gasteiger partial charge is 0.410 e. The highest BCUT2D eigenvalue weighted by molar-refractivity contribution is 5.76. The molecular weight excluding hydrogens is 486 g/mol. The fourth-order valence-electron chi connectivity index (χ4n) is 4.60. The van der Waals surface area contributed by atoms with E-state index in [9.17, 15) is 14.4 Å². The van der Waals surface area contributed by atoms with Crippen molar-refractivity contribution in [3.8, 4) is 5.75 Å². The molecule has 10 heteroatoms. The minimum Gasteiger partial charge on any atom is -0.490 e. The minimum absolute atomic E-state index is 0.0402. The zero-order valence-electron chi connectivity index (χ0n) is 23.1. The number of hydrogen-bond acceptors (Lipinski definition) is 6. The molecule has 0 N–H and O–H groups in total. The van der Waals surface area contributed by atoms with Crippen LogP contribution in [0.3, 0.4) is 0 Å². The number of hydrogen-bond donors (Lipinski definition) is 0. The van der Waals surface area contributed by atoms with Gasteiger partial charge in [-0.3, -0.25) is 13.9 Å². The molecule has 1 aliphatic rings. The SMILES string of the molecule is CCn1c(=O)c2c(nc(C=Cc3ccc(OC4CCN(C(=O)OC(C)(C)C)CC4)cc3)n2C)n(CC)c1=O. The lowest BCUT2D eigenvalue weighted by Crippen LogP contribution is -2.44. The Hall–Kier alpha value is -3.82. The van der Waals surface area contributed by atoms with E-state index < -0.39 is 5.60 Å². The first-order chi connectivity index (χ1) is 18.0. The molecule has 0 atom stereocenters. The number of imidazole rings is 1. The Bertz CT molecular complexity index is 1450. The summed E-state index contributed by atoms with van der Waals surface area (Å²) in [6.45, 7) is 11.2. The van der Waals surface area contributed by atoms with Gasteiger partial charge in [-0.15, -0.1) is 0 Å². The Morgan fingerprint density at radius 3 is 2.24 bits per heavy atom. The van der Waals surface area contributed by atoms with Crippen molar-refractivity contribution in [2.45, 2.75) is 72.3 Å². The summed E-state index contributed by atoms with van der Waals surface area (Å²) in [6.07, 6.45) is 5.01. The molecule has 204 valence electrons. The molecule has 1 saturated heterocycles. The first-order valence-electron chi connectivity index (χ1n) is 13.1. The van der Waals surface area contributed by atoms with Gasteiger partial charge >= 0.3 is 11.8 Å². The van der Waals surface area contributed by atoms with Gasteiger partial charge in [-0.1, -0.05) is 18.2 Å². The van der Waals surface area contributed by atoms with Crippen LogP contribution >= 0.6 is 0 Å². The van der Waals surface area contributed by atoms with Crippen molar-refractivity contribution in [1.82, 2.24) is 23.6 Å². The van der Waals surface area contributed by atoms with Crippen molar-refractivity contribution >= 4 is 29.4 Å².